The molecule has 0 atom stereocenters. The van der Waals surface area contributed by atoms with E-state index in [1.54, 1.807) is 7.11 Å². The quantitative estimate of drug-likeness (QED) is 0.869. The Morgan fingerprint density at radius 1 is 1.41 bits per heavy atom. The van der Waals surface area contributed by atoms with Gasteiger partial charge >= 0.3 is 0 Å². The maximum Gasteiger partial charge on any atom is 0.274 e. The van der Waals surface area contributed by atoms with Gasteiger partial charge in [-0.2, -0.15) is 0 Å². The predicted molar refractivity (Wildman–Crippen MR) is 86.7 cm³/mol. The first-order valence-corrected chi connectivity index (χ1v) is 8.40. The van der Waals surface area contributed by atoms with E-state index < -0.39 is 0 Å². The van der Waals surface area contributed by atoms with Gasteiger partial charge in [0.15, 0.2) is 0 Å². The molecule has 3 rings (SSSR count). The summed E-state index contributed by atoms with van der Waals surface area (Å²) in [5.74, 6) is 1.06. The Morgan fingerprint density at radius 2 is 2.18 bits per heavy atom. The van der Waals surface area contributed by atoms with Gasteiger partial charge in [-0.25, -0.2) is 4.98 Å². The Morgan fingerprint density at radius 3 is 2.86 bits per heavy atom. The molecule has 5 nitrogen and oxygen atoms in total. The minimum atomic E-state index is 0.142. The van der Waals surface area contributed by atoms with E-state index in [1.807, 2.05) is 30.0 Å². The molecule has 0 aliphatic carbocycles. The number of hydrogen-bond acceptors (Lipinski definition) is 5. The number of benzene rings is 1. The smallest absolute Gasteiger partial charge is 0.274 e. The number of methoxy groups -OCH3 is 1. The molecule has 1 aromatic carbocycles. The summed E-state index contributed by atoms with van der Waals surface area (Å²) in [5.41, 5.74) is 0.930. The molecule has 1 aliphatic heterocycles. The van der Waals surface area contributed by atoms with Crippen molar-refractivity contribution in [3.8, 4) is 10.9 Å². The van der Waals surface area contributed by atoms with E-state index in [4.69, 9.17) is 9.47 Å². The van der Waals surface area contributed by atoms with Crippen LogP contribution in [0.3, 0.4) is 0 Å². The molecule has 1 amide bonds. The summed E-state index contributed by atoms with van der Waals surface area (Å²) in [6, 6.07) is 5.82. The zero-order valence-corrected chi connectivity index (χ0v) is 13.7. The second-order valence-electron chi connectivity index (χ2n) is 5.36. The highest BCUT2D eigenvalue weighted by molar-refractivity contribution is 7.20. The molecule has 0 N–H and O–H groups in total. The number of carbonyl (C=O) groups is 1. The molecule has 0 radical (unpaired) electrons. The summed E-state index contributed by atoms with van der Waals surface area (Å²) in [6.45, 7) is 3.45. The second-order valence-corrected chi connectivity index (χ2v) is 6.36. The number of carbonyl (C=O) groups excluding carboxylic acids is 1. The van der Waals surface area contributed by atoms with Gasteiger partial charge in [0, 0.05) is 32.4 Å². The van der Waals surface area contributed by atoms with E-state index in [2.05, 4.69) is 4.98 Å². The first-order valence-electron chi connectivity index (χ1n) is 7.58. The van der Waals surface area contributed by atoms with Crippen molar-refractivity contribution in [3.63, 3.8) is 0 Å². The molecule has 1 aliphatic rings. The van der Waals surface area contributed by atoms with Gasteiger partial charge in [-0.3, -0.25) is 4.79 Å². The number of amides is 1. The highest BCUT2D eigenvalue weighted by Gasteiger charge is 2.23. The number of aromatic nitrogens is 1. The van der Waals surface area contributed by atoms with Gasteiger partial charge in [-0.15, -0.1) is 0 Å². The molecular weight excluding hydrogens is 300 g/mol. The van der Waals surface area contributed by atoms with Gasteiger partial charge in [0.05, 0.1) is 17.3 Å². The van der Waals surface area contributed by atoms with Crippen LogP contribution in [0.5, 0.6) is 10.9 Å². The van der Waals surface area contributed by atoms with E-state index in [-0.39, 0.29) is 12.0 Å². The Hall–Kier alpha value is -1.82. The first kappa shape index (κ1) is 15.1. The van der Waals surface area contributed by atoms with Crippen molar-refractivity contribution in [1.29, 1.82) is 0 Å². The number of likely N-dealkylation sites (tertiary alicyclic amines) is 1. The first-order chi connectivity index (χ1) is 10.7. The highest BCUT2D eigenvalue weighted by atomic mass is 32.1. The summed E-state index contributed by atoms with van der Waals surface area (Å²) in [6.07, 6.45) is 2.45. The molecule has 22 heavy (non-hydrogen) atoms. The fraction of sp³-hybridized carbons (Fsp3) is 0.500. The molecule has 6 heteroatoms. The lowest BCUT2D eigenvalue weighted by Crippen LogP contribution is -2.41. The molecule has 0 bridgehead atoms. The monoisotopic (exact) mass is 320 g/mol. The van der Waals surface area contributed by atoms with Gasteiger partial charge < -0.3 is 14.4 Å². The van der Waals surface area contributed by atoms with Crippen LogP contribution in [0.2, 0.25) is 0 Å². The van der Waals surface area contributed by atoms with Gasteiger partial charge in [-0.1, -0.05) is 18.3 Å². The third-order valence-corrected chi connectivity index (χ3v) is 4.85. The molecule has 1 saturated heterocycles. The maximum absolute atomic E-state index is 11.7. The van der Waals surface area contributed by atoms with Crippen molar-refractivity contribution in [2.24, 2.45) is 0 Å². The van der Waals surface area contributed by atoms with E-state index in [1.165, 1.54) is 11.3 Å². The molecule has 1 aromatic heterocycles. The summed E-state index contributed by atoms with van der Waals surface area (Å²) < 4.78 is 12.3. The van der Waals surface area contributed by atoms with Crippen molar-refractivity contribution in [1.82, 2.24) is 9.88 Å². The zero-order chi connectivity index (χ0) is 15.5. The van der Waals surface area contributed by atoms with Crippen LogP contribution in [0.4, 0.5) is 0 Å². The number of nitrogens with zero attached hydrogens (tertiary/aromatic N) is 2. The molecular formula is C16H20N2O3S. The lowest BCUT2D eigenvalue weighted by molar-refractivity contribution is -0.132. The van der Waals surface area contributed by atoms with Crippen LogP contribution >= 0.6 is 11.3 Å². The number of hydrogen-bond donors (Lipinski definition) is 0. The number of fused-ring (bicyclic) bond motifs is 1. The fourth-order valence-corrected chi connectivity index (χ4v) is 3.56. The number of piperidine rings is 1. The van der Waals surface area contributed by atoms with E-state index in [0.29, 0.717) is 11.6 Å². The Labute approximate surface area is 133 Å². The van der Waals surface area contributed by atoms with Crippen LogP contribution in [0, 0.1) is 0 Å². The van der Waals surface area contributed by atoms with Gasteiger partial charge in [0.25, 0.3) is 5.19 Å². The van der Waals surface area contributed by atoms with Crippen molar-refractivity contribution >= 4 is 27.5 Å². The number of ether oxygens (including phenoxy) is 2. The topological polar surface area (TPSA) is 51.7 Å². The van der Waals surface area contributed by atoms with Crippen LogP contribution in [0.15, 0.2) is 18.2 Å². The zero-order valence-electron chi connectivity index (χ0n) is 12.9. The summed E-state index contributed by atoms with van der Waals surface area (Å²) in [4.78, 5) is 18.1. The van der Waals surface area contributed by atoms with Crippen molar-refractivity contribution in [2.75, 3.05) is 20.2 Å². The Balaban J connectivity index is 1.63. The van der Waals surface area contributed by atoms with Crippen molar-refractivity contribution in [2.45, 2.75) is 32.3 Å². The van der Waals surface area contributed by atoms with Crippen molar-refractivity contribution in [3.05, 3.63) is 18.2 Å². The molecule has 0 spiro atoms. The third kappa shape index (κ3) is 3.16. The summed E-state index contributed by atoms with van der Waals surface area (Å²) in [5, 5.41) is 0.698. The largest absolute Gasteiger partial charge is 0.497 e. The molecule has 118 valence electrons. The maximum atomic E-state index is 11.7. The molecule has 2 aromatic rings. The fourth-order valence-electron chi connectivity index (χ4n) is 2.65. The minimum Gasteiger partial charge on any atom is -0.497 e. The van der Waals surface area contributed by atoms with Crippen molar-refractivity contribution < 1.29 is 14.3 Å². The van der Waals surface area contributed by atoms with Gasteiger partial charge in [0.2, 0.25) is 5.91 Å². The average Bonchev–Trinajstić information content (AvgIpc) is 2.95. The van der Waals surface area contributed by atoms with Gasteiger partial charge in [-0.05, 0) is 18.2 Å². The average molecular weight is 320 g/mol. The van der Waals surface area contributed by atoms with Crippen LogP contribution in [-0.4, -0.2) is 42.1 Å². The summed E-state index contributed by atoms with van der Waals surface area (Å²) in [7, 11) is 1.66. The summed E-state index contributed by atoms with van der Waals surface area (Å²) >= 11 is 1.54. The Kier molecular flexibility index (Phi) is 4.47. The molecule has 0 unspecified atom stereocenters. The van der Waals surface area contributed by atoms with Crippen LogP contribution in [-0.2, 0) is 4.79 Å². The number of thiazole rings is 1. The van der Waals surface area contributed by atoms with Crippen LogP contribution < -0.4 is 9.47 Å². The minimum absolute atomic E-state index is 0.142. The third-order valence-electron chi connectivity index (χ3n) is 3.94. The van der Waals surface area contributed by atoms with E-state index >= 15 is 0 Å². The molecule has 0 saturated carbocycles. The highest BCUT2D eigenvalue weighted by Crippen LogP contribution is 2.32. The number of rotatable bonds is 4. The lowest BCUT2D eigenvalue weighted by atomic mass is 10.1. The lowest BCUT2D eigenvalue weighted by Gasteiger charge is -2.31. The van der Waals surface area contributed by atoms with Gasteiger partial charge in [0.1, 0.15) is 11.9 Å². The predicted octanol–water partition coefficient (Wildman–Crippen LogP) is 3.08. The Bertz CT molecular complexity index is 662. The molecule has 1 fully saturated rings. The SMILES string of the molecule is CCC(=O)N1CCC(Oc2nc3ccc(OC)cc3s2)CC1. The standard InChI is InChI=1S/C16H20N2O3S/c1-3-15(19)18-8-6-11(7-9-18)21-16-17-13-5-4-12(20-2)10-14(13)22-16/h4-5,10-11H,3,6-9H2,1-2H3. The van der Waals surface area contributed by atoms with E-state index in [0.717, 1.165) is 41.9 Å². The van der Waals surface area contributed by atoms with Crippen LogP contribution in [0.1, 0.15) is 26.2 Å². The second kappa shape index (κ2) is 6.52. The normalized spacial score (nSPS) is 16.0. The van der Waals surface area contributed by atoms with E-state index in [9.17, 15) is 4.79 Å². The van der Waals surface area contributed by atoms with Crippen LogP contribution in [0.25, 0.3) is 10.2 Å². The molecule has 2 heterocycles.